The van der Waals surface area contributed by atoms with Crippen LogP contribution in [0.2, 0.25) is 0 Å². The maximum Gasteiger partial charge on any atom is 0.257 e. The van der Waals surface area contributed by atoms with Crippen LogP contribution < -0.4 is 14.2 Å². The normalized spacial score (nSPS) is 19.3. The number of carbonyl (C=O) groups is 1. The fraction of sp³-hybridized carbons (Fsp3) is 0.353. The molecule has 0 spiro atoms. The van der Waals surface area contributed by atoms with E-state index in [1.165, 1.54) is 12.5 Å². The Balaban J connectivity index is 1.34. The SMILES string of the molecule is O=C(c1ccoc1)N1CCOC(COc2ccc3c(c2)OCO3)C1. The Kier molecular flexibility index (Phi) is 4.00. The molecule has 7 heteroatoms. The summed E-state index contributed by atoms with van der Waals surface area (Å²) in [6, 6.07) is 7.09. The molecule has 1 aromatic heterocycles. The highest BCUT2D eigenvalue weighted by molar-refractivity contribution is 5.93. The van der Waals surface area contributed by atoms with Gasteiger partial charge >= 0.3 is 0 Å². The highest BCUT2D eigenvalue weighted by Crippen LogP contribution is 2.35. The maximum atomic E-state index is 12.3. The van der Waals surface area contributed by atoms with E-state index < -0.39 is 0 Å². The Morgan fingerprint density at radius 2 is 2.17 bits per heavy atom. The van der Waals surface area contributed by atoms with Crippen LogP contribution >= 0.6 is 0 Å². The molecule has 1 saturated heterocycles. The lowest BCUT2D eigenvalue weighted by atomic mass is 10.2. The highest BCUT2D eigenvalue weighted by atomic mass is 16.7. The number of furan rings is 1. The second-order valence-electron chi connectivity index (χ2n) is 5.58. The number of rotatable bonds is 4. The fourth-order valence-electron chi connectivity index (χ4n) is 2.73. The van der Waals surface area contributed by atoms with Crippen LogP contribution in [0.1, 0.15) is 10.4 Å². The average Bonchev–Trinajstić information content (AvgIpc) is 3.30. The zero-order valence-corrected chi connectivity index (χ0v) is 13.0. The molecule has 0 radical (unpaired) electrons. The van der Waals surface area contributed by atoms with E-state index in [4.69, 9.17) is 23.4 Å². The molecule has 2 aliphatic heterocycles. The first-order valence-electron chi connectivity index (χ1n) is 7.75. The monoisotopic (exact) mass is 331 g/mol. The third kappa shape index (κ3) is 3.03. The van der Waals surface area contributed by atoms with Crippen LogP contribution in [-0.4, -0.2) is 50.0 Å². The van der Waals surface area contributed by atoms with Gasteiger partial charge in [-0.15, -0.1) is 0 Å². The number of carbonyl (C=O) groups excluding carboxylic acids is 1. The van der Waals surface area contributed by atoms with Gasteiger partial charge in [-0.1, -0.05) is 0 Å². The van der Waals surface area contributed by atoms with Gasteiger partial charge in [0.15, 0.2) is 11.5 Å². The van der Waals surface area contributed by atoms with Crippen molar-refractivity contribution in [3.05, 3.63) is 42.4 Å². The summed E-state index contributed by atoms with van der Waals surface area (Å²) >= 11 is 0. The van der Waals surface area contributed by atoms with Crippen molar-refractivity contribution in [2.75, 3.05) is 33.1 Å². The average molecular weight is 331 g/mol. The summed E-state index contributed by atoms with van der Waals surface area (Å²) in [5.41, 5.74) is 0.548. The molecular formula is C17H17NO6. The number of amides is 1. The van der Waals surface area contributed by atoms with Crippen LogP contribution in [0.3, 0.4) is 0 Å². The van der Waals surface area contributed by atoms with Crippen molar-refractivity contribution in [2.45, 2.75) is 6.10 Å². The third-order valence-electron chi connectivity index (χ3n) is 3.97. The smallest absolute Gasteiger partial charge is 0.257 e. The first-order chi connectivity index (χ1) is 11.8. The van der Waals surface area contributed by atoms with Crippen LogP contribution in [0.25, 0.3) is 0 Å². The Hall–Kier alpha value is -2.67. The molecule has 1 unspecified atom stereocenters. The summed E-state index contributed by atoms with van der Waals surface area (Å²) in [7, 11) is 0. The second kappa shape index (κ2) is 6.45. The van der Waals surface area contributed by atoms with Crippen LogP contribution in [0.15, 0.2) is 41.2 Å². The molecule has 3 heterocycles. The van der Waals surface area contributed by atoms with E-state index in [-0.39, 0.29) is 18.8 Å². The highest BCUT2D eigenvalue weighted by Gasteiger charge is 2.26. The quantitative estimate of drug-likeness (QED) is 0.852. The van der Waals surface area contributed by atoms with Crippen molar-refractivity contribution in [1.29, 1.82) is 0 Å². The van der Waals surface area contributed by atoms with Crippen molar-refractivity contribution < 1.29 is 28.2 Å². The van der Waals surface area contributed by atoms with Gasteiger partial charge in [-0.3, -0.25) is 4.79 Å². The molecule has 0 bridgehead atoms. The Morgan fingerprint density at radius 3 is 3.04 bits per heavy atom. The summed E-state index contributed by atoms with van der Waals surface area (Å²) in [4.78, 5) is 14.1. The van der Waals surface area contributed by atoms with Gasteiger partial charge < -0.3 is 28.3 Å². The molecule has 0 saturated carbocycles. The van der Waals surface area contributed by atoms with Gasteiger partial charge in [-0.2, -0.15) is 0 Å². The molecular weight excluding hydrogens is 314 g/mol. The number of fused-ring (bicyclic) bond motifs is 1. The van der Waals surface area contributed by atoms with Crippen molar-refractivity contribution in [3.8, 4) is 17.2 Å². The summed E-state index contributed by atoms with van der Waals surface area (Å²) in [6.45, 7) is 2.11. The summed E-state index contributed by atoms with van der Waals surface area (Å²) in [6.07, 6.45) is 2.77. The minimum Gasteiger partial charge on any atom is -0.491 e. The Bertz CT molecular complexity index is 714. The van der Waals surface area contributed by atoms with Crippen molar-refractivity contribution in [3.63, 3.8) is 0 Å². The number of benzene rings is 1. The molecule has 7 nitrogen and oxygen atoms in total. The number of ether oxygens (including phenoxy) is 4. The molecule has 0 N–H and O–H groups in total. The molecule has 4 rings (SSSR count). The lowest BCUT2D eigenvalue weighted by molar-refractivity contribution is -0.0401. The third-order valence-corrected chi connectivity index (χ3v) is 3.97. The van der Waals surface area contributed by atoms with E-state index in [2.05, 4.69) is 0 Å². The molecule has 1 aromatic carbocycles. The fourth-order valence-corrected chi connectivity index (χ4v) is 2.73. The molecule has 1 amide bonds. The predicted octanol–water partition coefficient (Wildman–Crippen LogP) is 1.93. The van der Waals surface area contributed by atoms with Crippen molar-refractivity contribution in [1.82, 2.24) is 4.90 Å². The number of morpholine rings is 1. The lowest BCUT2D eigenvalue weighted by Crippen LogP contribution is -2.47. The standard InChI is InChI=1S/C17H17NO6/c19-17(12-3-5-20-9-12)18-4-6-21-14(8-18)10-22-13-1-2-15-16(7-13)24-11-23-15/h1-3,5,7,9,14H,4,6,8,10-11H2. The van der Waals surface area contributed by atoms with E-state index >= 15 is 0 Å². The second-order valence-corrected chi connectivity index (χ2v) is 5.58. The first kappa shape index (κ1) is 14.9. The van der Waals surface area contributed by atoms with E-state index in [0.717, 1.165) is 0 Å². The minimum absolute atomic E-state index is 0.0554. The molecule has 1 atom stereocenters. The van der Waals surface area contributed by atoms with E-state index in [1.807, 2.05) is 12.1 Å². The van der Waals surface area contributed by atoms with Crippen LogP contribution in [0.4, 0.5) is 0 Å². The van der Waals surface area contributed by atoms with Gasteiger partial charge in [0.05, 0.1) is 25.0 Å². The van der Waals surface area contributed by atoms with Crippen molar-refractivity contribution in [2.24, 2.45) is 0 Å². The molecule has 2 aliphatic rings. The van der Waals surface area contributed by atoms with Gasteiger partial charge in [0.2, 0.25) is 6.79 Å². The molecule has 1 fully saturated rings. The zero-order valence-electron chi connectivity index (χ0n) is 13.0. The van der Waals surface area contributed by atoms with Crippen LogP contribution in [0, 0.1) is 0 Å². The lowest BCUT2D eigenvalue weighted by Gasteiger charge is -2.32. The zero-order chi connectivity index (χ0) is 16.4. The summed E-state index contributed by atoms with van der Waals surface area (Å²) in [5.74, 6) is 2.02. The number of nitrogens with zero attached hydrogens (tertiary/aromatic N) is 1. The van der Waals surface area contributed by atoms with Crippen molar-refractivity contribution >= 4 is 5.91 Å². The molecule has 126 valence electrons. The minimum atomic E-state index is -0.181. The summed E-state index contributed by atoms with van der Waals surface area (Å²) < 4.78 is 27.0. The predicted molar refractivity (Wildman–Crippen MR) is 82.4 cm³/mol. The van der Waals surface area contributed by atoms with Crippen LogP contribution in [-0.2, 0) is 4.74 Å². The van der Waals surface area contributed by atoms with Gasteiger partial charge in [-0.05, 0) is 18.2 Å². The molecule has 24 heavy (non-hydrogen) atoms. The van der Waals surface area contributed by atoms with Gasteiger partial charge in [0, 0.05) is 12.6 Å². The topological polar surface area (TPSA) is 70.4 Å². The van der Waals surface area contributed by atoms with E-state index in [9.17, 15) is 4.79 Å². The Morgan fingerprint density at radius 1 is 1.25 bits per heavy atom. The van der Waals surface area contributed by atoms with Gasteiger partial charge in [0.1, 0.15) is 24.7 Å². The number of hydrogen-bond donors (Lipinski definition) is 0. The maximum absolute atomic E-state index is 12.3. The van der Waals surface area contributed by atoms with E-state index in [1.54, 1.807) is 17.0 Å². The molecule has 0 aliphatic carbocycles. The number of hydrogen-bond acceptors (Lipinski definition) is 6. The van der Waals surface area contributed by atoms with Crippen LogP contribution in [0.5, 0.6) is 17.2 Å². The van der Waals surface area contributed by atoms with Gasteiger partial charge in [0.25, 0.3) is 5.91 Å². The first-order valence-corrected chi connectivity index (χ1v) is 7.75. The van der Waals surface area contributed by atoms with Gasteiger partial charge in [-0.25, -0.2) is 0 Å². The molecule has 2 aromatic rings. The van der Waals surface area contributed by atoms with E-state index in [0.29, 0.717) is 49.1 Å². The largest absolute Gasteiger partial charge is 0.491 e. The summed E-state index contributed by atoms with van der Waals surface area (Å²) in [5, 5.41) is 0. The Labute approximate surface area is 138 Å².